The highest BCUT2D eigenvalue weighted by Crippen LogP contribution is 2.23. The Bertz CT molecular complexity index is 339. The summed E-state index contributed by atoms with van der Waals surface area (Å²) in [4.78, 5) is 13.7. The summed E-state index contributed by atoms with van der Waals surface area (Å²) >= 11 is 0. The molecule has 0 spiro atoms. The number of furan rings is 1. The molecule has 0 aliphatic heterocycles. The van der Waals surface area contributed by atoms with Crippen molar-refractivity contribution in [2.75, 3.05) is 7.05 Å². The highest BCUT2D eigenvalue weighted by atomic mass is 16.3. The Balaban J connectivity index is 1.97. The van der Waals surface area contributed by atoms with Gasteiger partial charge in [0.1, 0.15) is 0 Å². The van der Waals surface area contributed by atoms with Gasteiger partial charge in [-0.25, -0.2) is 0 Å². The van der Waals surface area contributed by atoms with Crippen molar-refractivity contribution in [3.63, 3.8) is 0 Å². The Morgan fingerprint density at radius 1 is 1.44 bits per heavy atom. The molecule has 1 heterocycles. The van der Waals surface area contributed by atoms with Crippen molar-refractivity contribution in [2.45, 2.75) is 37.8 Å². The van der Waals surface area contributed by atoms with Crippen LogP contribution in [-0.4, -0.2) is 35.1 Å². The van der Waals surface area contributed by atoms with Gasteiger partial charge in [0.2, 0.25) is 0 Å². The van der Waals surface area contributed by atoms with Gasteiger partial charge < -0.3 is 14.4 Å². The van der Waals surface area contributed by atoms with Crippen molar-refractivity contribution in [1.82, 2.24) is 4.90 Å². The van der Waals surface area contributed by atoms with Crippen molar-refractivity contribution >= 4 is 5.91 Å². The van der Waals surface area contributed by atoms with Gasteiger partial charge in [-0.05, 0) is 37.8 Å². The first-order valence-corrected chi connectivity index (χ1v) is 5.67. The minimum Gasteiger partial charge on any atom is -0.459 e. The number of hydrogen-bond donors (Lipinski definition) is 1. The molecule has 0 atom stereocenters. The van der Waals surface area contributed by atoms with Gasteiger partial charge in [-0.1, -0.05) is 0 Å². The number of carbonyl (C=O) groups excluding carboxylic acids is 1. The summed E-state index contributed by atoms with van der Waals surface area (Å²) in [5, 5.41) is 9.41. The van der Waals surface area contributed by atoms with E-state index >= 15 is 0 Å². The van der Waals surface area contributed by atoms with Crippen LogP contribution in [0.15, 0.2) is 22.8 Å². The van der Waals surface area contributed by atoms with Gasteiger partial charge in [-0.3, -0.25) is 4.79 Å². The number of carbonyl (C=O) groups is 1. The molecule has 4 heteroatoms. The monoisotopic (exact) mass is 223 g/mol. The van der Waals surface area contributed by atoms with Gasteiger partial charge in [0.05, 0.1) is 12.4 Å². The summed E-state index contributed by atoms with van der Waals surface area (Å²) in [5.41, 5.74) is 0. The smallest absolute Gasteiger partial charge is 0.289 e. The van der Waals surface area contributed by atoms with E-state index in [4.69, 9.17) is 4.42 Å². The molecule has 0 radical (unpaired) electrons. The van der Waals surface area contributed by atoms with E-state index in [1.165, 1.54) is 6.26 Å². The van der Waals surface area contributed by atoms with Crippen molar-refractivity contribution in [3.05, 3.63) is 24.2 Å². The van der Waals surface area contributed by atoms with Crippen molar-refractivity contribution in [3.8, 4) is 0 Å². The maximum Gasteiger partial charge on any atom is 0.289 e. The lowest BCUT2D eigenvalue weighted by Gasteiger charge is -2.32. The predicted molar refractivity (Wildman–Crippen MR) is 59.1 cm³/mol. The highest BCUT2D eigenvalue weighted by Gasteiger charge is 2.26. The average molecular weight is 223 g/mol. The Morgan fingerprint density at radius 3 is 2.69 bits per heavy atom. The summed E-state index contributed by atoms with van der Waals surface area (Å²) < 4.78 is 5.09. The van der Waals surface area contributed by atoms with E-state index < -0.39 is 0 Å². The van der Waals surface area contributed by atoms with Crippen LogP contribution in [0.25, 0.3) is 0 Å². The molecule has 4 nitrogen and oxygen atoms in total. The normalized spacial score (nSPS) is 25.4. The third kappa shape index (κ3) is 2.27. The first-order valence-electron chi connectivity index (χ1n) is 5.67. The van der Waals surface area contributed by atoms with Crippen LogP contribution in [0.5, 0.6) is 0 Å². The first-order chi connectivity index (χ1) is 7.68. The lowest BCUT2D eigenvalue weighted by atomic mass is 9.92. The van der Waals surface area contributed by atoms with E-state index in [1.807, 2.05) is 0 Å². The molecule has 1 saturated carbocycles. The summed E-state index contributed by atoms with van der Waals surface area (Å²) in [7, 11) is 1.80. The lowest BCUT2D eigenvalue weighted by Crippen LogP contribution is -2.40. The zero-order valence-electron chi connectivity index (χ0n) is 9.43. The fraction of sp³-hybridized carbons (Fsp3) is 0.583. The number of amides is 1. The van der Waals surface area contributed by atoms with Gasteiger partial charge in [-0.15, -0.1) is 0 Å². The van der Waals surface area contributed by atoms with Crippen LogP contribution in [0.2, 0.25) is 0 Å². The van der Waals surface area contributed by atoms with Crippen LogP contribution in [0.4, 0.5) is 0 Å². The predicted octanol–water partition coefficient (Wildman–Crippen LogP) is 1.66. The molecule has 1 N–H and O–H groups in total. The second-order valence-electron chi connectivity index (χ2n) is 4.36. The maximum absolute atomic E-state index is 12.0. The van der Waals surface area contributed by atoms with Gasteiger partial charge in [0, 0.05) is 13.1 Å². The van der Waals surface area contributed by atoms with Crippen LogP contribution >= 0.6 is 0 Å². The highest BCUT2D eigenvalue weighted by molar-refractivity contribution is 5.91. The van der Waals surface area contributed by atoms with E-state index in [-0.39, 0.29) is 18.1 Å². The van der Waals surface area contributed by atoms with Gasteiger partial charge in [0.15, 0.2) is 5.76 Å². The van der Waals surface area contributed by atoms with Gasteiger partial charge in [0.25, 0.3) is 5.91 Å². The molecule has 88 valence electrons. The Kier molecular flexibility index (Phi) is 3.29. The molecule has 1 aliphatic rings. The second-order valence-corrected chi connectivity index (χ2v) is 4.36. The number of rotatable bonds is 2. The van der Waals surface area contributed by atoms with Gasteiger partial charge in [-0.2, -0.15) is 0 Å². The largest absolute Gasteiger partial charge is 0.459 e. The van der Waals surface area contributed by atoms with Crippen LogP contribution in [0, 0.1) is 0 Å². The molecular formula is C12H17NO3. The molecule has 1 amide bonds. The Morgan fingerprint density at radius 2 is 2.12 bits per heavy atom. The van der Waals surface area contributed by atoms with Crippen molar-refractivity contribution in [1.29, 1.82) is 0 Å². The van der Waals surface area contributed by atoms with Crippen LogP contribution in [0.3, 0.4) is 0 Å². The molecule has 1 aromatic rings. The van der Waals surface area contributed by atoms with E-state index in [0.29, 0.717) is 5.76 Å². The summed E-state index contributed by atoms with van der Waals surface area (Å²) in [6, 6.07) is 3.61. The third-order valence-corrected chi connectivity index (χ3v) is 3.27. The lowest BCUT2D eigenvalue weighted by molar-refractivity contribution is 0.0544. The molecule has 0 saturated heterocycles. The van der Waals surface area contributed by atoms with Crippen LogP contribution < -0.4 is 0 Å². The molecule has 2 rings (SSSR count). The average Bonchev–Trinajstić information content (AvgIpc) is 2.81. The molecule has 1 aliphatic carbocycles. The minimum absolute atomic E-state index is 0.0774. The number of hydrogen-bond acceptors (Lipinski definition) is 3. The van der Waals surface area contributed by atoms with E-state index in [2.05, 4.69) is 0 Å². The molecule has 0 aromatic carbocycles. The zero-order chi connectivity index (χ0) is 11.5. The number of aliphatic hydroxyl groups excluding tert-OH is 1. The summed E-state index contributed by atoms with van der Waals surface area (Å²) in [6.45, 7) is 0. The second kappa shape index (κ2) is 4.70. The Labute approximate surface area is 94.9 Å². The van der Waals surface area contributed by atoms with Gasteiger partial charge >= 0.3 is 0 Å². The fourth-order valence-electron chi connectivity index (χ4n) is 2.19. The molecule has 16 heavy (non-hydrogen) atoms. The van der Waals surface area contributed by atoms with Crippen LogP contribution in [0.1, 0.15) is 36.2 Å². The van der Waals surface area contributed by atoms with E-state index in [9.17, 15) is 9.90 Å². The molecule has 1 fully saturated rings. The zero-order valence-corrected chi connectivity index (χ0v) is 9.43. The summed E-state index contributed by atoms with van der Waals surface area (Å²) in [6.07, 6.45) is 4.60. The van der Waals surface area contributed by atoms with Crippen molar-refractivity contribution < 1.29 is 14.3 Å². The summed E-state index contributed by atoms with van der Waals surface area (Å²) in [5.74, 6) is 0.306. The van der Waals surface area contributed by atoms with E-state index in [0.717, 1.165) is 25.7 Å². The number of nitrogens with zero attached hydrogens (tertiary/aromatic N) is 1. The molecule has 0 bridgehead atoms. The molecule has 0 unspecified atom stereocenters. The standard InChI is InChI=1S/C12H17NO3/c1-13(9-4-6-10(14)7-5-9)12(15)11-3-2-8-16-11/h2-3,8-10,14H,4-7H2,1H3. The Hall–Kier alpha value is -1.29. The minimum atomic E-state index is -0.191. The first kappa shape index (κ1) is 11.2. The third-order valence-electron chi connectivity index (χ3n) is 3.27. The molecule has 1 aromatic heterocycles. The SMILES string of the molecule is CN(C(=O)c1ccco1)C1CCC(O)CC1. The van der Waals surface area contributed by atoms with E-state index in [1.54, 1.807) is 24.1 Å². The van der Waals surface area contributed by atoms with Crippen LogP contribution in [-0.2, 0) is 0 Å². The maximum atomic E-state index is 12.0. The molecular weight excluding hydrogens is 206 g/mol. The fourth-order valence-corrected chi connectivity index (χ4v) is 2.19. The quantitative estimate of drug-likeness (QED) is 0.829. The topological polar surface area (TPSA) is 53.7 Å². The van der Waals surface area contributed by atoms with Crippen molar-refractivity contribution in [2.24, 2.45) is 0 Å². The number of aliphatic hydroxyl groups is 1.